The van der Waals surface area contributed by atoms with Crippen LogP contribution >= 0.6 is 36.6 Å². The number of carbonyl (C=O) groups excluding carboxylic acids is 1. The lowest BCUT2D eigenvalue weighted by atomic mass is 9.86. The number of aromatic nitrogens is 2. The average Bonchev–Trinajstić information content (AvgIpc) is 3.23. The second kappa shape index (κ2) is 12.5. The van der Waals surface area contributed by atoms with Crippen LogP contribution in [-0.2, 0) is 4.79 Å². The van der Waals surface area contributed by atoms with E-state index in [1.165, 1.54) is 89.2 Å². The zero-order chi connectivity index (χ0) is 21.0. The highest BCUT2D eigenvalue weighted by molar-refractivity contribution is 8.04. The molecule has 33 heavy (non-hydrogen) atoms. The van der Waals surface area contributed by atoms with E-state index in [9.17, 15) is 4.79 Å². The quantitative estimate of drug-likeness (QED) is 0.510. The Morgan fingerprint density at radius 3 is 2.64 bits per heavy atom. The summed E-state index contributed by atoms with van der Waals surface area (Å²) in [5, 5.41) is 4.26. The summed E-state index contributed by atoms with van der Waals surface area (Å²) < 4.78 is 2.10. The van der Waals surface area contributed by atoms with Gasteiger partial charge < -0.3 is 10.2 Å². The molecule has 1 aliphatic carbocycles. The van der Waals surface area contributed by atoms with E-state index in [-0.39, 0.29) is 30.7 Å². The fourth-order valence-corrected chi connectivity index (χ4v) is 6.42. The van der Waals surface area contributed by atoms with Gasteiger partial charge >= 0.3 is 0 Å². The summed E-state index contributed by atoms with van der Waals surface area (Å²) in [6, 6.07) is 6.04. The van der Waals surface area contributed by atoms with Crippen molar-refractivity contribution in [2.75, 3.05) is 26.2 Å². The fourth-order valence-electron chi connectivity index (χ4n) is 5.42. The number of rotatable bonds is 7. The second-order valence-electron chi connectivity index (χ2n) is 9.49. The van der Waals surface area contributed by atoms with Crippen molar-refractivity contribution in [1.29, 1.82) is 0 Å². The monoisotopic (exact) mass is 510 g/mol. The van der Waals surface area contributed by atoms with Gasteiger partial charge in [0.1, 0.15) is 5.65 Å². The normalized spacial score (nSPS) is 19.5. The molecule has 3 aliphatic rings. The van der Waals surface area contributed by atoms with Gasteiger partial charge in [0.05, 0.1) is 21.8 Å². The maximum absolute atomic E-state index is 12.8. The molecule has 182 valence electrons. The molecule has 2 aromatic rings. The molecule has 1 amide bonds. The summed E-state index contributed by atoms with van der Waals surface area (Å²) in [7, 11) is 0. The van der Waals surface area contributed by atoms with Crippen molar-refractivity contribution < 1.29 is 4.79 Å². The summed E-state index contributed by atoms with van der Waals surface area (Å²) in [6.45, 7) is 4.42. The molecule has 0 bridgehead atoms. The summed E-state index contributed by atoms with van der Waals surface area (Å²) in [5.74, 6) is 1.64. The van der Waals surface area contributed by atoms with Gasteiger partial charge in [-0.25, -0.2) is 4.98 Å². The summed E-state index contributed by atoms with van der Waals surface area (Å²) >= 11 is 1.53. The van der Waals surface area contributed by atoms with E-state index in [4.69, 9.17) is 0 Å². The van der Waals surface area contributed by atoms with E-state index in [1.807, 2.05) is 30.5 Å². The third-order valence-electron chi connectivity index (χ3n) is 7.31. The summed E-state index contributed by atoms with van der Waals surface area (Å²) in [4.78, 5) is 20.6. The Bertz CT molecular complexity index is 949. The molecular weight excluding hydrogens is 475 g/mol. The van der Waals surface area contributed by atoms with Crippen LogP contribution in [0.4, 0.5) is 0 Å². The molecule has 0 unspecified atom stereocenters. The number of amides is 1. The number of imidazole rings is 1. The first-order valence-corrected chi connectivity index (χ1v) is 12.9. The maximum atomic E-state index is 12.8. The minimum absolute atomic E-state index is 0. The van der Waals surface area contributed by atoms with Crippen molar-refractivity contribution in [1.82, 2.24) is 19.6 Å². The summed E-state index contributed by atoms with van der Waals surface area (Å²) in [5.41, 5.74) is 1.91. The Morgan fingerprint density at radius 1 is 1.06 bits per heavy atom. The Morgan fingerprint density at radius 2 is 1.85 bits per heavy atom. The number of piperidine rings is 1. The number of halogens is 2. The molecule has 2 fully saturated rings. The number of likely N-dealkylation sites (tertiary alicyclic amines) is 1. The Balaban J connectivity index is 0.00000153. The van der Waals surface area contributed by atoms with Crippen molar-refractivity contribution in [3.05, 3.63) is 35.0 Å². The number of nitrogens with one attached hydrogen (secondary N) is 1. The third-order valence-corrected chi connectivity index (χ3v) is 8.36. The van der Waals surface area contributed by atoms with Crippen molar-refractivity contribution >= 4 is 54.2 Å². The SMILES string of the molecule is Cl.Cl.O=C(NCC1CCN(CCCC2CCCCC2)CC1)C1=Cc2cnc3cccc(n23)S1. The molecule has 0 atom stereocenters. The van der Waals surface area contributed by atoms with Crippen molar-refractivity contribution in [3.8, 4) is 0 Å². The highest BCUT2D eigenvalue weighted by Crippen LogP contribution is 2.34. The third kappa shape index (κ3) is 6.47. The molecule has 1 saturated carbocycles. The van der Waals surface area contributed by atoms with E-state index in [1.54, 1.807) is 0 Å². The van der Waals surface area contributed by atoms with Crippen molar-refractivity contribution in [3.63, 3.8) is 0 Å². The Hall–Kier alpha value is -1.21. The van der Waals surface area contributed by atoms with Gasteiger partial charge in [0.2, 0.25) is 0 Å². The van der Waals surface area contributed by atoms with Gasteiger partial charge in [-0.15, -0.1) is 24.8 Å². The van der Waals surface area contributed by atoms with E-state index < -0.39 is 0 Å². The minimum Gasteiger partial charge on any atom is -0.351 e. The van der Waals surface area contributed by atoms with Crippen molar-refractivity contribution in [2.45, 2.75) is 62.8 Å². The largest absolute Gasteiger partial charge is 0.351 e. The number of pyridine rings is 1. The molecule has 2 aliphatic heterocycles. The van der Waals surface area contributed by atoms with Crippen LogP contribution in [0.3, 0.4) is 0 Å². The zero-order valence-electron chi connectivity index (χ0n) is 19.2. The predicted molar refractivity (Wildman–Crippen MR) is 142 cm³/mol. The standard InChI is InChI=1S/C25H34N4OS.2ClH/c30-25(22-16-21-18-26-23-9-4-10-24(31-22)29(21)23)27-17-20-11-14-28(15-12-20)13-5-8-19-6-2-1-3-7-19;;/h4,9-10,16,18-20H,1-3,5-8,11-15,17H2,(H,27,30);2*1H. The van der Waals surface area contributed by atoms with Crippen LogP contribution in [0.25, 0.3) is 11.7 Å². The van der Waals surface area contributed by atoms with E-state index >= 15 is 0 Å². The smallest absolute Gasteiger partial charge is 0.258 e. The molecule has 2 aromatic heterocycles. The lowest BCUT2D eigenvalue weighted by Gasteiger charge is -2.32. The van der Waals surface area contributed by atoms with E-state index in [0.717, 1.165) is 33.7 Å². The molecule has 0 spiro atoms. The topological polar surface area (TPSA) is 49.6 Å². The van der Waals surface area contributed by atoms with Crippen LogP contribution in [0.2, 0.25) is 0 Å². The molecule has 1 N–H and O–H groups in total. The maximum Gasteiger partial charge on any atom is 0.258 e. The Kier molecular flexibility index (Phi) is 9.98. The molecule has 8 heteroatoms. The van der Waals surface area contributed by atoms with E-state index in [2.05, 4.69) is 19.6 Å². The molecule has 0 aromatic carbocycles. The highest BCUT2D eigenvalue weighted by atomic mass is 35.5. The van der Waals surface area contributed by atoms with Gasteiger partial charge in [0, 0.05) is 6.54 Å². The van der Waals surface area contributed by atoms with Crippen LogP contribution in [0, 0.1) is 11.8 Å². The Labute approximate surface area is 214 Å². The van der Waals surface area contributed by atoms with Crippen LogP contribution in [0.5, 0.6) is 0 Å². The van der Waals surface area contributed by atoms with Crippen LogP contribution in [0.15, 0.2) is 34.3 Å². The van der Waals surface area contributed by atoms with Gasteiger partial charge in [-0.05, 0) is 75.4 Å². The first kappa shape index (κ1) is 26.4. The fraction of sp³-hybridized carbons (Fsp3) is 0.600. The number of carbonyl (C=O) groups is 1. The summed E-state index contributed by atoms with van der Waals surface area (Å²) in [6.07, 6.45) is 16.3. The van der Waals surface area contributed by atoms with Gasteiger partial charge in [-0.1, -0.05) is 49.9 Å². The lowest BCUT2D eigenvalue weighted by molar-refractivity contribution is -0.117. The molecule has 5 nitrogen and oxygen atoms in total. The zero-order valence-corrected chi connectivity index (χ0v) is 21.7. The van der Waals surface area contributed by atoms with Crippen molar-refractivity contribution in [2.24, 2.45) is 11.8 Å². The number of hydrogen-bond acceptors (Lipinski definition) is 4. The lowest BCUT2D eigenvalue weighted by Crippen LogP contribution is -2.39. The first-order chi connectivity index (χ1) is 15.3. The predicted octanol–water partition coefficient (Wildman–Crippen LogP) is 5.81. The minimum atomic E-state index is 0. The van der Waals surface area contributed by atoms with Crippen LogP contribution < -0.4 is 5.32 Å². The van der Waals surface area contributed by atoms with E-state index in [0.29, 0.717) is 5.92 Å². The van der Waals surface area contributed by atoms with Crippen LogP contribution in [0.1, 0.15) is 63.5 Å². The van der Waals surface area contributed by atoms with Gasteiger partial charge in [0.15, 0.2) is 0 Å². The molecule has 1 saturated heterocycles. The van der Waals surface area contributed by atoms with Crippen LogP contribution in [-0.4, -0.2) is 46.4 Å². The number of hydrogen-bond donors (Lipinski definition) is 1. The molecular formula is C25H36Cl2N4OS. The molecule has 0 radical (unpaired) electrons. The highest BCUT2D eigenvalue weighted by Gasteiger charge is 2.23. The van der Waals surface area contributed by atoms with Gasteiger partial charge in [0.25, 0.3) is 5.91 Å². The number of nitrogens with zero attached hydrogens (tertiary/aromatic N) is 3. The number of thioether (sulfide) groups is 1. The molecule has 5 rings (SSSR count). The van der Waals surface area contributed by atoms with Gasteiger partial charge in [-0.2, -0.15) is 0 Å². The molecule has 4 heterocycles. The first-order valence-electron chi connectivity index (χ1n) is 12.1. The average molecular weight is 512 g/mol. The second-order valence-corrected chi connectivity index (χ2v) is 10.6. The van der Waals surface area contributed by atoms with Gasteiger partial charge in [-0.3, -0.25) is 9.20 Å².